The molecule has 20 heavy (non-hydrogen) atoms. The van der Waals surface area contributed by atoms with Crippen LogP contribution in [0.15, 0.2) is 34.9 Å². The smallest absolute Gasteiger partial charge is 0.0643 e. The lowest BCUT2D eigenvalue weighted by atomic mass is 10.00. The Kier molecular flexibility index (Phi) is 5.38. The summed E-state index contributed by atoms with van der Waals surface area (Å²) in [6.07, 6.45) is 4.03. The first-order chi connectivity index (χ1) is 9.61. The van der Waals surface area contributed by atoms with Crippen molar-refractivity contribution in [1.82, 2.24) is 15.1 Å². The van der Waals surface area contributed by atoms with Crippen molar-refractivity contribution < 1.29 is 0 Å². The molecule has 108 valence electrons. The van der Waals surface area contributed by atoms with Crippen molar-refractivity contribution in [2.45, 2.75) is 32.7 Å². The van der Waals surface area contributed by atoms with Gasteiger partial charge in [0.05, 0.1) is 5.69 Å². The first kappa shape index (κ1) is 15.3. The van der Waals surface area contributed by atoms with Crippen LogP contribution in [0.3, 0.4) is 0 Å². The number of hydrogen-bond donors (Lipinski definition) is 1. The van der Waals surface area contributed by atoms with Crippen molar-refractivity contribution in [3.05, 3.63) is 51.8 Å². The average Bonchev–Trinajstić information content (AvgIpc) is 2.83. The molecule has 1 aromatic heterocycles. The lowest BCUT2D eigenvalue weighted by molar-refractivity contribution is 0.519. The summed E-state index contributed by atoms with van der Waals surface area (Å²) in [6.45, 7) is 5.33. The highest BCUT2D eigenvalue weighted by Gasteiger charge is 2.16. The SMILES string of the molecule is CCCNC(Cc1ccn(C)n1)c1cccc(C)c1Br. The normalized spacial score (nSPS) is 12.6. The fraction of sp³-hybridized carbons (Fsp3) is 0.438. The Labute approximate surface area is 129 Å². The minimum Gasteiger partial charge on any atom is -0.310 e. The molecule has 4 heteroatoms. The van der Waals surface area contributed by atoms with Gasteiger partial charge in [0.1, 0.15) is 0 Å². The van der Waals surface area contributed by atoms with E-state index in [-0.39, 0.29) is 0 Å². The maximum Gasteiger partial charge on any atom is 0.0643 e. The molecule has 1 N–H and O–H groups in total. The molecule has 0 spiro atoms. The molecule has 3 nitrogen and oxygen atoms in total. The highest BCUT2D eigenvalue weighted by atomic mass is 79.9. The molecule has 0 aliphatic heterocycles. The number of aryl methyl sites for hydroxylation is 2. The Bertz CT molecular complexity index is 563. The number of nitrogens with zero attached hydrogens (tertiary/aromatic N) is 2. The summed E-state index contributed by atoms with van der Waals surface area (Å²) < 4.78 is 3.06. The van der Waals surface area contributed by atoms with Gasteiger partial charge in [-0.3, -0.25) is 4.68 Å². The lowest BCUT2D eigenvalue weighted by Gasteiger charge is -2.20. The van der Waals surface area contributed by atoms with E-state index in [0.717, 1.165) is 25.1 Å². The van der Waals surface area contributed by atoms with Crippen LogP contribution in [0.1, 0.15) is 36.2 Å². The van der Waals surface area contributed by atoms with Crippen LogP contribution in [0.4, 0.5) is 0 Å². The maximum absolute atomic E-state index is 4.50. The van der Waals surface area contributed by atoms with Crippen LogP contribution in [-0.4, -0.2) is 16.3 Å². The predicted octanol–water partition coefficient (Wildman–Crippen LogP) is 3.77. The van der Waals surface area contributed by atoms with Gasteiger partial charge in [-0.1, -0.05) is 41.1 Å². The van der Waals surface area contributed by atoms with Crippen molar-refractivity contribution in [3.8, 4) is 0 Å². The molecule has 0 bridgehead atoms. The zero-order valence-corrected chi connectivity index (χ0v) is 13.9. The molecule has 0 aliphatic carbocycles. The Morgan fingerprint density at radius 2 is 2.15 bits per heavy atom. The molecule has 1 heterocycles. The third-order valence-corrected chi connectivity index (χ3v) is 4.50. The van der Waals surface area contributed by atoms with E-state index in [1.165, 1.54) is 15.6 Å². The molecule has 1 atom stereocenters. The monoisotopic (exact) mass is 335 g/mol. The second-order valence-electron chi connectivity index (χ2n) is 5.17. The predicted molar refractivity (Wildman–Crippen MR) is 86.8 cm³/mol. The quantitative estimate of drug-likeness (QED) is 0.870. The summed E-state index contributed by atoms with van der Waals surface area (Å²) in [5, 5.41) is 8.13. The maximum atomic E-state index is 4.50. The van der Waals surface area contributed by atoms with E-state index in [4.69, 9.17) is 0 Å². The number of halogens is 1. The zero-order chi connectivity index (χ0) is 14.5. The summed E-state index contributed by atoms with van der Waals surface area (Å²) in [5.74, 6) is 0. The van der Waals surface area contributed by atoms with Crippen molar-refractivity contribution in [3.63, 3.8) is 0 Å². The van der Waals surface area contributed by atoms with Gasteiger partial charge >= 0.3 is 0 Å². The molecule has 0 radical (unpaired) electrons. The van der Waals surface area contributed by atoms with Gasteiger partial charge in [-0.05, 0) is 37.1 Å². The molecular formula is C16H22BrN3. The van der Waals surface area contributed by atoms with E-state index in [1.807, 2.05) is 17.9 Å². The topological polar surface area (TPSA) is 29.9 Å². The Morgan fingerprint density at radius 1 is 1.35 bits per heavy atom. The van der Waals surface area contributed by atoms with Gasteiger partial charge in [0.2, 0.25) is 0 Å². The number of nitrogens with one attached hydrogen (secondary N) is 1. The number of aromatic nitrogens is 2. The van der Waals surface area contributed by atoms with Gasteiger partial charge in [-0.15, -0.1) is 0 Å². The van der Waals surface area contributed by atoms with Gasteiger partial charge in [-0.2, -0.15) is 5.10 Å². The lowest BCUT2D eigenvalue weighted by Crippen LogP contribution is -2.24. The van der Waals surface area contributed by atoms with Crippen molar-refractivity contribution >= 4 is 15.9 Å². The number of rotatable bonds is 6. The van der Waals surface area contributed by atoms with Gasteiger partial charge in [0.15, 0.2) is 0 Å². The van der Waals surface area contributed by atoms with Gasteiger partial charge in [-0.25, -0.2) is 0 Å². The molecule has 0 aliphatic rings. The van der Waals surface area contributed by atoms with E-state index < -0.39 is 0 Å². The molecule has 1 unspecified atom stereocenters. The Hall–Kier alpha value is -1.13. The van der Waals surface area contributed by atoms with Gasteiger partial charge in [0.25, 0.3) is 0 Å². The molecule has 1 aromatic carbocycles. The van der Waals surface area contributed by atoms with E-state index in [1.54, 1.807) is 0 Å². The third kappa shape index (κ3) is 3.70. The minimum atomic E-state index is 0.291. The molecule has 0 amide bonds. The average molecular weight is 336 g/mol. The van der Waals surface area contributed by atoms with Crippen LogP contribution in [0, 0.1) is 6.92 Å². The molecule has 2 rings (SSSR count). The third-order valence-electron chi connectivity index (χ3n) is 3.42. The molecule has 2 aromatic rings. The van der Waals surface area contributed by atoms with E-state index >= 15 is 0 Å². The second-order valence-corrected chi connectivity index (χ2v) is 5.96. The number of benzene rings is 1. The van der Waals surface area contributed by atoms with Crippen LogP contribution < -0.4 is 5.32 Å². The largest absolute Gasteiger partial charge is 0.310 e. The summed E-state index contributed by atoms with van der Waals surface area (Å²) in [7, 11) is 1.96. The molecular weight excluding hydrogens is 314 g/mol. The van der Waals surface area contributed by atoms with E-state index in [2.05, 4.69) is 64.5 Å². The molecule has 0 saturated heterocycles. The van der Waals surface area contributed by atoms with E-state index in [9.17, 15) is 0 Å². The fourth-order valence-corrected chi connectivity index (χ4v) is 2.87. The van der Waals surface area contributed by atoms with Crippen molar-refractivity contribution in [1.29, 1.82) is 0 Å². The summed E-state index contributed by atoms with van der Waals surface area (Å²) in [5.41, 5.74) is 3.70. The zero-order valence-electron chi connectivity index (χ0n) is 12.4. The first-order valence-corrected chi connectivity index (χ1v) is 7.88. The highest BCUT2D eigenvalue weighted by Crippen LogP contribution is 2.28. The second kappa shape index (κ2) is 7.04. The summed E-state index contributed by atoms with van der Waals surface area (Å²) in [6, 6.07) is 8.82. The van der Waals surface area contributed by atoms with Crippen LogP contribution in [0.25, 0.3) is 0 Å². The van der Waals surface area contributed by atoms with Gasteiger partial charge in [0, 0.05) is 30.2 Å². The van der Waals surface area contributed by atoms with E-state index in [0.29, 0.717) is 6.04 Å². The highest BCUT2D eigenvalue weighted by molar-refractivity contribution is 9.10. The summed E-state index contributed by atoms with van der Waals surface area (Å²) >= 11 is 3.73. The standard InChI is InChI=1S/C16H22BrN3/c1-4-9-18-15(11-13-8-10-20(3)19-13)14-7-5-6-12(2)16(14)17/h5-8,10,15,18H,4,9,11H2,1-3H3. The fourth-order valence-electron chi connectivity index (χ4n) is 2.33. The first-order valence-electron chi connectivity index (χ1n) is 7.08. The van der Waals surface area contributed by atoms with Crippen molar-refractivity contribution in [2.75, 3.05) is 6.54 Å². The van der Waals surface area contributed by atoms with Crippen LogP contribution >= 0.6 is 15.9 Å². The summed E-state index contributed by atoms with van der Waals surface area (Å²) in [4.78, 5) is 0. The molecule has 0 fully saturated rings. The van der Waals surface area contributed by atoms with Crippen LogP contribution in [0.2, 0.25) is 0 Å². The Morgan fingerprint density at radius 3 is 2.80 bits per heavy atom. The number of hydrogen-bond acceptors (Lipinski definition) is 2. The minimum absolute atomic E-state index is 0.291. The Balaban J connectivity index is 2.24. The molecule has 0 saturated carbocycles. The van der Waals surface area contributed by atoms with Crippen molar-refractivity contribution in [2.24, 2.45) is 7.05 Å². The van der Waals surface area contributed by atoms with Gasteiger partial charge < -0.3 is 5.32 Å². The van der Waals surface area contributed by atoms with Crippen LogP contribution in [-0.2, 0) is 13.5 Å². The van der Waals surface area contributed by atoms with Crippen LogP contribution in [0.5, 0.6) is 0 Å².